The van der Waals surface area contributed by atoms with Crippen LogP contribution in [-0.4, -0.2) is 21.6 Å². The molecule has 0 saturated heterocycles. The number of hydrogen-bond donors (Lipinski definition) is 1. The fraction of sp³-hybridized carbons (Fsp3) is 0.103. The molecule has 1 N–H and O–H groups in total. The van der Waals surface area contributed by atoms with E-state index in [0.29, 0.717) is 0 Å². The number of Topliss-reactive ketones (excluding diaryl/α,β-unsaturated/α-hetero) is 1. The van der Waals surface area contributed by atoms with Crippen LogP contribution in [0.2, 0.25) is 0 Å². The maximum Gasteiger partial charge on any atom is 0.159 e. The van der Waals surface area contributed by atoms with E-state index in [9.17, 15) is 9.59 Å². The number of hydrogen-bond acceptors (Lipinski definition) is 2. The molecule has 0 unspecified atom stereocenters. The molecule has 33 heavy (non-hydrogen) atoms. The van der Waals surface area contributed by atoms with E-state index in [1.807, 2.05) is 66.7 Å². The third-order valence-electron chi connectivity index (χ3n) is 6.16. The highest BCUT2D eigenvalue weighted by Gasteiger charge is 2.09. The first kappa shape index (κ1) is 20.7. The molecule has 0 aliphatic carbocycles. The second-order valence-corrected chi connectivity index (χ2v) is 8.14. The number of fused-ring (bicyclic) bond motifs is 6. The van der Waals surface area contributed by atoms with E-state index >= 15 is 0 Å². The molecule has 2 heterocycles. The van der Waals surface area contributed by atoms with Crippen LogP contribution >= 0.6 is 0 Å². The lowest BCUT2D eigenvalue weighted by Gasteiger charge is -2.02. The molecule has 0 atom stereocenters. The van der Waals surface area contributed by atoms with Gasteiger partial charge in [-0.1, -0.05) is 36.4 Å². The van der Waals surface area contributed by atoms with Crippen LogP contribution in [0.4, 0.5) is 0 Å². The van der Waals surface area contributed by atoms with E-state index in [4.69, 9.17) is 0 Å². The van der Waals surface area contributed by atoms with Crippen LogP contribution < -0.4 is 0 Å². The minimum atomic E-state index is 0.104. The number of benzene rings is 4. The van der Waals surface area contributed by atoms with Gasteiger partial charge in [0.2, 0.25) is 0 Å². The Kier molecular flexibility index (Phi) is 5.27. The second-order valence-electron chi connectivity index (χ2n) is 8.14. The molecular formula is C29H24N2O2. The lowest BCUT2D eigenvalue weighted by Crippen LogP contribution is -1.92. The van der Waals surface area contributed by atoms with Gasteiger partial charge in [0.25, 0.3) is 0 Å². The summed E-state index contributed by atoms with van der Waals surface area (Å²) in [6.45, 7) is 4.67. The van der Waals surface area contributed by atoms with Gasteiger partial charge in [0.15, 0.2) is 5.78 Å². The highest BCUT2D eigenvalue weighted by molar-refractivity contribution is 6.10. The monoisotopic (exact) mass is 432 g/mol. The fourth-order valence-corrected chi connectivity index (χ4v) is 4.55. The Bertz CT molecular complexity index is 1650. The lowest BCUT2D eigenvalue weighted by atomic mass is 10.1. The number of carbonyl (C=O) groups is 2. The molecule has 0 bridgehead atoms. The molecule has 0 spiro atoms. The molecule has 2 aromatic heterocycles. The summed E-state index contributed by atoms with van der Waals surface area (Å²) in [5.41, 5.74) is 6.10. The Hall–Kier alpha value is -4.18. The normalized spacial score (nSPS) is 11.1. The second kappa shape index (κ2) is 8.40. The zero-order chi connectivity index (χ0) is 22.9. The van der Waals surface area contributed by atoms with Gasteiger partial charge in [-0.3, -0.25) is 9.59 Å². The average molecular weight is 433 g/mol. The van der Waals surface area contributed by atoms with Crippen LogP contribution in [0, 0.1) is 0 Å². The van der Waals surface area contributed by atoms with Gasteiger partial charge >= 0.3 is 0 Å². The Morgan fingerprint density at radius 3 is 2.24 bits per heavy atom. The number of nitrogens with one attached hydrogen (secondary N) is 1. The molecule has 0 radical (unpaired) electrons. The SMILES string of the molecule is CC(=O)c1ccc2[nH]c3ccccc3c2c1.CCn1c2ccccc2c2cc(C=O)ccc21. The number of nitrogens with zero attached hydrogens (tertiary/aromatic N) is 1. The van der Waals surface area contributed by atoms with Gasteiger partial charge in [-0.2, -0.15) is 0 Å². The number of aromatic amines is 1. The van der Waals surface area contributed by atoms with Gasteiger partial charge in [-0.25, -0.2) is 0 Å². The summed E-state index contributed by atoms with van der Waals surface area (Å²) in [6, 6.07) is 28.1. The van der Waals surface area contributed by atoms with Crippen molar-refractivity contribution in [2.45, 2.75) is 20.4 Å². The Morgan fingerprint density at radius 2 is 1.48 bits per heavy atom. The van der Waals surface area contributed by atoms with Crippen molar-refractivity contribution in [1.82, 2.24) is 9.55 Å². The predicted octanol–water partition coefficient (Wildman–Crippen LogP) is 7.15. The molecule has 4 heteroatoms. The molecule has 0 fully saturated rings. The minimum absolute atomic E-state index is 0.104. The first-order valence-electron chi connectivity index (χ1n) is 11.1. The average Bonchev–Trinajstić information content (AvgIpc) is 3.38. The number of rotatable bonds is 3. The third kappa shape index (κ3) is 3.60. The highest BCUT2D eigenvalue weighted by Crippen LogP contribution is 2.29. The maximum atomic E-state index is 11.3. The number of carbonyl (C=O) groups excluding carboxylic acids is 2. The summed E-state index contributed by atoms with van der Waals surface area (Å²) in [7, 11) is 0. The topological polar surface area (TPSA) is 54.9 Å². The van der Waals surface area contributed by atoms with Crippen LogP contribution in [0.15, 0.2) is 84.9 Å². The molecule has 4 nitrogen and oxygen atoms in total. The van der Waals surface area contributed by atoms with Crippen molar-refractivity contribution < 1.29 is 9.59 Å². The van der Waals surface area contributed by atoms with Crippen molar-refractivity contribution in [2.75, 3.05) is 0 Å². The van der Waals surface area contributed by atoms with Crippen molar-refractivity contribution in [3.8, 4) is 0 Å². The molecule has 162 valence electrons. The van der Waals surface area contributed by atoms with Crippen LogP contribution in [0.5, 0.6) is 0 Å². The van der Waals surface area contributed by atoms with E-state index in [1.54, 1.807) is 6.92 Å². The summed E-state index contributed by atoms with van der Waals surface area (Å²) < 4.78 is 2.28. The first-order valence-corrected chi connectivity index (χ1v) is 11.1. The summed E-state index contributed by atoms with van der Waals surface area (Å²) in [6.07, 6.45) is 0.900. The summed E-state index contributed by atoms with van der Waals surface area (Å²) in [5, 5.41) is 4.66. The van der Waals surface area contributed by atoms with Gasteiger partial charge in [-0.15, -0.1) is 0 Å². The number of ketones is 1. The Morgan fingerprint density at radius 1 is 0.788 bits per heavy atom. The van der Waals surface area contributed by atoms with E-state index in [1.165, 1.54) is 21.8 Å². The molecule has 0 amide bonds. The molecule has 0 saturated carbocycles. The smallest absolute Gasteiger partial charge is 0.159 e. The number of para-hydroxylation sites is 2. The van der Waals surface area contributed by atoms with Gasteiger partial charge in [-0.05, 0) is 62.4 Å². The van der Waals surface area contributed by atoms with Crippen LogP contribution in [0.3, 0.4) is 0 Å². The van der Waals surface area contributed by atoms with Crippen molar-refractivity contribution in [2.24, 2.45) is 0 Å². The third-order valence-corrected chi connectivity index (χ3v) is 6.16. The number of aryl methyl sites for hydroxylation is 1. The first-order chi connectivity index (χ1) is 16.1. The minimum Gasteiger partial charge on any atom is -0.355 e. The summed E-state index contributed by atoms with van der Waals surface area (Å²) in [5.74, 6) is 0.104. The molecule has 0 aliphatic rings. The van der Waals surface area contributed by atoms with Crippen molar-refractivity contribution >= 4 is 55.7 Å². The van der Waals surface area contributed by atoms with E-state index < -0.39 is 0 Å². The van der Waals surface area contributed by atoms with Gasteiger partial charge in [0.1, 0.15) is 6.29 Å². The molecule has 0 aliphatic heterocycles. The predicted molar refractivity (Wildman–Crippen MR) is 136 cm³/mol. The van der Waals surface area contributed by atoms with Crippen LogP contribution in [0.1, 0.15) is 34.6 Å². The molecular weight excluding hydrogens is 408 g/mol. The van der Waals surface area contributed by atoms with Crippen molar-refractivity contribution in [3.05, 3.63) is 96.1 Å². The summed E-state index contributed by atoms with van der Waals surface area (Å²) in [4.78, 5) is 25.5. The number of aldehydes is 1. The van der Waals surface area contributed by atoms with Gasteiger partial charge in [0.05, 0.1) is 0 Å². The summed E-state index contributed by atoms with van der Waals surface area (Å²) >= 11 is 0. The lowest BCUT2D eigenvalue weighted by molar-refractivity contribution is 0.101. The van der Waals surface area contributed by atoms with Gasteiger partial charge in [0, 0.05) is 61.3 Å². The Balaban J connectivity index is 0.000000139. The van der Waals surface area contributed by atoms with Crippen LogP contribution in [-0.2, 0) is 6.54 Å². The fourth-order valence-electron chi connectivity index (χ4n) is 4.55. The molecule has 6 aromatic rings. The zero-order valence-corrected chi connectivity index (χ0v) is 18.6. The zero-order valence-electron chi connectivity index (χ0n) is 18.6. The van der Waals surface area contributed by atoms with E-state index in [0.717, 1.165) is 45.8 Å². The van der Waals surface area contributed by atoms with Crippen molar-refractivity contribution in [1.29, 1.82) is 0 Å². The van der Waals surface area contributed by atoms with Crippen LogP contribution in [0.25, 0.3) is 43.6 Å². The molecule has 4 aromatic carbocycles. The van der Waals surface area contributed by atoms with Crippen molar-refractivity contribution in [3.63, 3.8) is 0 Å². The maximum absolute atomic E-state index is 11.3. The number of aromatic nitrogens is 2. The van der Waals surface area contributed by atoms with E-state index in [-0.39, 0.29) is 5.78 Å². The Labute approximate surface area is 191 Å². The van der Waals surface area contributed by atoms with Gasteiger partial charge < -0.3 is 9.55 Å². The quantitative estimate of drug-likeness (QED) is 0.238. The van der Waals surface area contributed by atoms with E-state index in [2.05, 4.69) is 34.7 Å². The highest BCUT2D eigenvalue weighted by atomic mass is 16.1. The number of H-pyrrole nitrogens is 1. The largest absolute Gasteiger partial charge is 0.355 e. The standard InChI is InChI=1S/C15H13NO.C14H11NO/c1-2-16-14-6-4-3-5-12(14)13-9-11(10-17)7-8-15(13)16;1-9(16)10-6-7-14-12(8-10)11-4-2-3-5-13(11)15-14/h3-10H,2H2,1H3;2-8,15H,1H3. The molecule has 6 rings (SSSR count).